The maximum atomic E-state index is 5.87. The van der Waals surface area contributed by atoms with E-state index < -0.39 is 0 Å². The molecule has 3 aliphatic rings. The minimum Gasteiger partial charge on any atom is -0.347 e. The van der Waals surface area contributed by atoms with E-state index in [9.17, 15) is 0 Å². The molecular formula is C14H26N2O2. The Kier molecular flexibility index (Phi) is 3.89. The van der Waals surface area contributed by atoms with E-state index in [2.05, 4.69) is 17.3 Å². The molecule has 2 saturated heterocycles. The Balaban J connectivity index is 1.65. The second-order valence-electron chi connectivity index (χ2n) is 5.91. The number of rotatable bonds is 2. The fourth-order valence-corrected chi connectivity index (χ4v) is 3.88. The molecule has 18 heavy (non-hydrogen) atoms. The molecule has 4 heteroatoms. The van der Waals surface area contributed by atoms with Gasteiger partial charge in [0, 0.05) is 24.9 Å². The minimum atomic E-state index is -0.264. The maximum absolute atomic E-state index is 5.87. The zero-order valence-corrected chi connectivity index (χ0v) is 11.5. The van der Waals surface area contributed by atoms with Crippen molar-refractivity contribution in [3.63, 3.8) is 0 Å². The first-order valence-electron chi connectivity index (χ1n) is 7.52. The Labute approximate surface area is 110 Å². The van der Waals surface area contributed by atoms with Crippen LogP contribution in [0.25, 0.3) is 0 Å². The molecular weight excluding hydrogens is 228 g/mol. The summed E-state index contributed by atoms with van der Waals surface area (Å²) in [7, 11) is 2.08. The van der Waals surface area contributed by atoms with Crippen molar-refractivity contribution in [1.29, 1.82) is 0 Å². The average molecular weight is 254 g/mol. The van der Waals surface area contributed by atoms with E-state index in [1.54, 1.807) is 0 Å². The van der Waals surface area contributed by atoms with E-state index in [-0.39, 0.29) is 5.79 Å². The van der Waals surface area contributed by atoms with Crippen molar-refractivity contribution in [2.45, 2.75) is 56.4 Å². The van der Waals surface area contributed by atoms with Gasteiger partial charge in [0.1, 0.15) is 0 Å². The lowest BCUT2D eigenvalue weighted by Gasteiger charge is -2.46. The summed E-state index contributed by atoms with van der Waals surface area (Å²) in [6.07, 6.45) is 7.41. The van der Waals surface area contributed by atoms with Crippen LogP contribution in [0.1, 0.15) is 38.5 Å². The highest BCUT2D eigenvalue weighted by atomic mass is 16.7. The van der Waals surface area contributed by atoms with Gasteiger partial charge in [-0.05, 0) is 39.4 Å². The summed E-state index contributed by atoms with van der Waals surface area (Å²) in [5.41, 5.74) is 0. The smallest absolute Gasteiger partial charge is 0.170 e. The van der Waals surface area contributed by atoms with Crippen LogP contribution < -0.4 is 5.32 Å². The summed E-state index contributed by atoms with van der Waals surface area (Å²) < 4.78 is 11.7. The van der Waals surface area contributed by atoms with Gasteiger partial charge in [-0.25, -0.2) is 0 Å². The number of likely N-dealkylation sites (tertiary alicyclic amines) is 1. The standard InChI is InChI=1S/C14H26N2O2/c1-15-12-11-14(17-9-10-18-14)6-5-13(12)16-7-3-2-4-8-16/h12-13,15H,2-11H2,1H3/t12-,13-/m0/s1. The Hall–Kier alpha value is -0.160. The molecule has 0 bridgehead atoms. The molecule has 4 nitrogen and oxygen atoms in total. The van der Waals surface area contributed by atoms with Crippen LogP contribution in [0.4, 0.5) is 0 Å². The molecule has 104 valence electrons. The third kappa shape index (κ3) is 2.44. The molecule has 3 fully saturated rings. The molecule has 0 aromatic carbocycles. The van der Waals surface area contributed by atoms with Gasteiger partial charge in [-0.3, -0.25) is 4.90 Å². The summed E-state index contributed by atoms with van der Waals surface area (Å²) >= 11 is 0. The second kappa shape index (κ2) is 5.45. The second-order valence-corrected chi connectivity index (χ2v) is 5.91. The van der Waals surface area contributed by atoms with Gasteiger partial charge in [-0.2, -0.15) is 0 Å². The first-order valence-corrected chi connectivity index (χ1v) is 7.52. The van der Waals surface area contributed by atoms with E-state index >= 15 is 0 Å². The summed E-state index contributed by atoms with van der Waals surface area (Å²) in [6.45, 7) is 4.09. The molecule has 0 aromatic rings. The SMILES string of the molecule is CN[C@H]1CC2(CC[C@@H]1N1CCCCC1)OCCO2. The quantitative estimate of drug-likeness (QED) is 0.806. The van der Waals surface area contributed by atoms with E-state index in [0.29, 0.717) is 12.1 Å². The van der Waals surface area contributed by atoms with Crippen molar-refractivity contribution in [2.75, 3.05) is 33.4 Å². The van der Waals surface area contributed by atoms with Crippen LogP contribution in [0.5, 0.6) is 0 Å². The maximum Gasteiger partial charge on any atom is 0.170 e. The highest BCUT2D eigenvalue weighted by molar-refractivity contribution is 4.96. The van der Waals surface area contributed by atoms with Crippen molar-refractivity contribution < 1.29 is 9.47 Å². The van der Waals surface area contributed by atoms with Gasteiger partial charge in [0.05, 0.1) is 13.2 Å². The highest BCUT2D eigenvalue weighted by Crippen LogP contribution is 2.38. The van der Waals surface area contributed by atoms with Gasteiger partial charge in [0.25, 0.3) is 0 Å². The molecule has 1 spiro atoms. The van der Waals surface area contributed by atoms with Crippen LogP contribution in [0.2, 0.25) is 0 Å². The molecule has 2 heterocycles. The number of piperidine rings is 1. The topological polar surface area (TPSA) is 33.7 Å². The largest absolute Gasteiger partial charge is 0.347 e. The third-order valence-corrected chi connectivity index (χ3v) is 4.86. The zero-order chi connectivity index (χ0) is 12.4. The van der Waals surface area contributed by atoms with E-state index in [4.69, 9.17) is 9.47 Å². The van der Waals surface area contributed by atoms with E-state index in [0.717, 1.165) is 26.1 Å². The van der Waals surface area contributed by atoms with E-state index in [1.165, 1.54) is 38.8 Å². The normalized spacial score (nSPS) is 37.2. The van der Waals surface area contributed by atoms with Gasteiger partial charge in [-0.15, -0.1) is 0 Å². The molecule has 0 amide bonds. The first kappa shape index (κ1) is 12.9. The molecule has 0 radical (unpaired) electrons. The minimum absolute atomic E-state index is 0.264. The van der Waals surface area contributed by atoms with Crippen molar-refractivity contribution in [2.24, 2.45) is 0 Å². The lowest BCUT2D eigenvalue weighted by molar-refractivity contribution is -0.190. The van der Waals surface area contributed by atoms with Crippen LogP contribution >= 0.6 is 0 Å². The van der Waals surface area contributed by atoms with Crippen LogP contribution in [-0.4, -0.2) is 56.1 Å². The number of hydrogen-bond acceptors (Lipinski definition) is 4. The van der Waals surface area contributed by atoms with Crippen molar-refractivity contribution in [1.82, 2.24) is 10.2 Å². The fraction of sp³-hybridized carbons (Fsp3) is 1.00. The van der Waals surface area contributed by atoms with Gasteiger partial charge in [0.2, 0.25) is 0 Å². The number of ether oxygens (including phenoxy) is 2. The summed E-state index contributed by atoms with van der Waals surface area (Å²) in [5.74, 6) is -0.264. The van der Waals surface area contributed by atoms with Gasteiger partial charge in [0.15, 0.2) is 5.79 Å². The van der Waals surface area contributed by atoms with Crippen LogP contribution in [0.3, 0.4) is 0 Å². The molecule has 2 atom stereocenters. The van der Waals surface area contributed by atoms with E-state index in [1.807, 2.05) is 0 Å². The number of nitrogens with zero attached hydrogens (tertiary/aromatic N) is 1. The van der Waals surface area contributed by atoms with Crippen molar-refractivity contribution >= 4 is 0 Å². The summed E-state index contributed by atoms with van der Waals surface area (Å²) in [5, 5.41) is 3.50. The van der Waals surface area contributed by atoms with Crippen molar-refractivity contribution in [3.8, 4) is 0 Å². The predicted molar refractivity (Wildman–Crippen MR) is 70.5 cm³/mol. The fourth-order valence-electron chi connectivity index (χ4n) is 3.88. The molecule has 0 aromatic heterocycles. The van der Waals surface area contributed by atoms with Crippen LogP contribution in [-0.2, 0) is 9.47 Å². The predicted octanol–water partition coefficient (Wildman–Crippen LogP) is 1.36. The first-order chi connectivity index (χ1) is 8.83. The van der Waals surface area contributed by atoms with Crippen molar-refractivity contribution in [3.05, 3.63) is 0 Å². The van der Waals surface area contributed by atoms with Gasteiger partial charge < -0.3 is 14.8 Å². The zero-order valence-electron chi connectivity index (χ0n) is 11.5. The summed E-state index contributed by atoms with van der Waals surface area (Å²) in [6, 6.07) is 1.18. The number of hydrogen-bond donors (Lipinski definition) is 1. The number of nitrogens with one attached hydrogen (secondary N) is 1. The van der Waals surface area contributed by atoms with Gasteiger partial charge >= 0.3 is 0 Å². The molecule has 1 N–H and O–H groups in total. The Bertz CT molecular complexity index is 273. The lowest BCUT2D eigenvalue weighted by atomic mass is 9.84. The Morgan fingerprint density at radius 1 is 1.11 bits per heavy atom. The Morgan fingerprint density at radius 2 is 1.83 bits per heavy atom. The number of likely N-dealkylation sites (N-methyl/N-ethyl adjacent to an activating group) is 1. The third-order valence-electron chi connectivity index (χ3n) is 4.86. The summed E-state index contributed by atoms with van der Waals surface area (Å²) in [4.78, 5) is 2.69. The van der Waals surface area contributed by atoms with Crippen LogP contribution in [0, 0.1) is 0 Å². The molecule has 2 aliphatic heterocycles. The highest BCUT2D eigenvalue weighted by Gasteiger charge is 2.46. The molecule has 1 saturated carbocycles. The lowest BCUT2D eigenvalue weighted by Crippen LogP contribution is -2.57. The monoisotopic (exact) mass is 254 g/mol. The molecule has 0 unspecified atom stereocenters. The molecule has 3 rings (SSSR count). The van der Waals surface area contributed by atoms with Crippen LogP contribution in [0.15, 0.2) is 0 Å². The average Bonchev–Trinajstić information content (AvgIpc) is 2.88. The van der Waals surface area contributed by atoms with Gasteiger partial charge in [-0.1, -0.05) is 6.42 Å². The Morgan fingerprint density at radius 3 is 2.50 bits per heavy atom. The molecule has 1 aliphatic carbocycles.